The maximum Gasteiger partial charge on any atom is 0.311 e. The van der Waals surface area contributed by atoms with Gasteiger partial charge in [-0.05, 0) is 30.5 Å². The second-order valence-electron chi connectivity index (χ2n) is 3.56. The molecule has 0 spiro atoms. The molecule has 88 valence electrons. The van der Waals surface area contributed by atoms with E-state index in [4.69, 9.17) is 9.47 Å². The Balaban J connectivity index is 2.83. The van der Waals surface area contributed by atoms with Crippen molar-refractivity contribution >= 4 is 5.97 Å². The SMILES string of the molecule is CCCC(=O)Oc1ccc(CC)cc1OC. The third kappa shape index (κ3) is 3.26. The van der Waals surface area contributed by atoms with Crippen LogP contribution in [0.2, 0.25) is 0 Å². The summed E-state index contributed by atoms with van der Waals surface area (Å²) in [6.07, 6.45) is 2.15. The maximum atomic E-state index is 11.4. The average Bonchev–Trinajstić information content (AvgIpc) is 2.30. The zero-order valence-corrected chi connectivity index (χ0v) is 10.1. The lowest BCUT2D eigenvalue weighted by Gasteiger charge is -2.10. The highest BCUT2D eigenvalue weighted by atomic mass is 16.6. The summed E-state index contributed by atoms with van der Waals surface area (Å²) in [6.45, 7) is 4.01. The van der Waals surface area contributed by atoms with Gasteiger partial charge in [0.1, 0.15) is 0 Å². The van der Waals surface area contributed by atoms with Crippen LogP contribution in [-0.4, -0.2) is 13.1 Å². The van der Waals surface area contributed by atoms with Crippen LogP contribution in [0.15, 0.2) is 18.2 Å². The Labute approximate surface area is 96.4 Å². The highest BCUT2D eigenvalue weighted by molar-refractivity contribution is 5.73. The number of hydrogen-bond donors (Lipinski definition) is 0. The zero-order valence-electron chi connectivity index (χ0n) is 10.1. The number of benzene rings is 1. The zero-order chi connectivity index (χ0) is 12.0. The molecule has 1 aromatic carbocycles. The first-order chi connectivity index (χ1) is 7.71. The van der Waals surface area contributed by atoms with E-state index in [-0.39, 0.29) is 5.97 Å². The largest absolute Gasteiger partial charge is 0.493 e. The van der Waals surface area contributed by atoms with Gasteiger partial charge in [-0.25, -0.2) is 0 Å². The minimum atomic E-state index is -0.218. The fourth-order valence-corrected chi connectivity index (χ4v) is 1.39. The van der Waals surface area contributed by atoms with Crippen molar-refractivity contribution in [1.29, 1.82) is 0 Å². The van der Waals surface area contributed by atoms with Gasteiger partial charge in [0.2, 0.25) is 0 Å². The number of carbonyl (C=O) groups is 1. The highest BCUT2D eigenvalue weighted by Gasteiger charge is 2.09. The number of hydrogen-bond acceptors (Lipinski definition) is 3. The summed E-state index contributed by atoms with van der Waals surface area (Å²) < 4.78 is 10.4. The molecule has 0 saturated carbocycles. The lowest BCUT2D eigenvalue weighted by molar-refractivity contribution is -0.134. The van der Waals surface area contributed by atoms with Crippen molar-refractivity contribution in [2.75, 3.05) is 7.11 Å². The van der Waals surface area contributed by atoms with Gasteiger partial charge < -0.3 is 9.47 Å². The molecule has 0 heterocycles. The van der Waals surface area contributed by atoms with E-state index in [1.54, 1.807) is 13.2 Å². The summed E-state index contributed by atoms with van der Waals surface area (Å²) >= 11 is 0. The highest BCUT2D eigenvalue weighted by Crippen LogP contribution is 2.28. The first-order valence-electron chi connectivity index (χ1n) is 5.58. The molecule has 0 unspecified atom stereocenters. The molecule has 0 aliphatic heterocycles. The molecule has 3 heteroatoms. The van der Waals surface area contributed by atoms with E-state index in [1.807, 2.05) is 19.1 Å². The molecule has 0 aliphatic carbocycles. The van der Waals surface area contributed by atoms with Crippen LogP contribution < -0.4 is 9.47 Å². The van der Waals surface area contributed by atoms with Crippen molar-refractivity contribution in [3.63, 3.8) is 0 Å². The number of methoxy groups -OCH3 is 1. The number of esters is 1. The van der Waals surface area contributed by atoms with E-state index in [0.717, 1.165) is 18.4 Å². The van der Waals surface area contributed by atoms with Gasteiger partial charge in [-0.1, -0.05) is 19.9 Å². The Morgan fingerprint density at radius 1 is 1.25 bits per heavy atom. The van der Waals surface area contributed by atoms with Crippen LogP contribution >= 0.6 is 0 Å². The second-order valence-corrected chi connectivity index (χ2v) is 3.56. The van der Waals surface area contributed by atoms with Gasteiger partial charge in [0.05, 0.1) is 7.11 Å². The van der Waals surface area contributed by atoms with Crippen molar-refractivity contribution < 1.29 is 14.3 Å². The van der Waals surface area contributed by atoms with Crippen molar-refractivity contribution in [3.8, 4) is 11.5 Å². The van der Waals surface area contributed by atoms with Gasteiger partial charge in [0.25, 0.3) is 0 Å². The monoisotopic (exact) mass is 222 g/mol. The van der Waals surface area contributed by atoms with E-state index < -0.39 is 0 Å². The average molecular weight is 222 g/mol. The lowest BCUT2D eigenvalue weighted by Crippen LogP contribution is -2.07. The smallest absolute Gasteiger partial charge is 0.311 e. The number of rotatable bonds is 5. The summed E-state index contributed by atoms with van der Waals surface area (Å²) in [7, 11) is 1.58. The van der Waals surface area contributed by atoms with Crippen LogP contribution in [0.4, 0.5) is 0 Å². The number of aryl methyl sites for hydroxylation is 1. The van der Waals surface area contributed by atoms with Crippen molar-refractivity contribution in [1.82, 2.24) is 0 Å². The maximum absolute atomic E-state index is 11.4. The first kappa shape index (κ1) is 12.6. The van der Waals surface area contributed by atoms with Gasteiger partial charge in [-0.2, -0.15) is 0 Å². The molecule has 16 heavy (non-hydrogen) atoms. The molecule has 0 radical (unpaired) electrons. The van der Waals surface area contributed by atoms with E-state index >= 15 is 0 Å². The van der Waals surface area contributed by atoms with Crippen LogP contribution in [0.3, 0.4) is 0 Å². The molecule has 3 nitrogen and oxygen atoms in total. The van der Waals surface area contributed by atoms with Gasteiger partial charge in [-0.3, -0.25) is 4.79 Å². The van der Waals surface area contributed by atoms with Crippen LogP contribution in [0.1, 0.15) is 32.3 Å². The molecule has 0 bridgehead atoms. The van der Waals surface area contributed by atoms with Crippen LogP contribution in [0, 0.1) is 0 Å². The van der Waals surface area contributed by atoms with E-state index in [9.17, 15) is 4.79 Å². The molecular formula is C13H18O3. The summed E-state index contributed by atoms with van der Waals surface area (Å²) in [5.74, 6) is 0.895. The lowest BCUT2D eigenvalue weighted by atomic mass is 10.1. The second kappa shape index (κ2) is 6.16. The normalized spacial score (nSPS) is 9.94. The third-order valence-corrected chi connectivity index (χ3v) is 2.31. The fourth-order valence-electron chi connectivity index (χ4n) is 1.39. The Morgan fingerprint density at radius 3 is 2.56 bits per heavy atom. The van der Waals surface area contributed by atoms with Crippen LogP contribution in [-0.2, 0) is 11.2 Å². The molecule has 0 saturated heterocycles. The number of ether oxygens (including phenoxy) is 2. The van der Waals surface area contributed by atoms with Crippen LogP contribution in [0.5, 0.6) is 11.5 Å². The Kier molecular flexibility index (Phi) is 4.83. The van der Waals surface area contributed by atoms with Gasteiger partial charge >= 0.3 is 5.97 Å². The van der Waals surface area contributed by atoms with Crippen LogP contribution in [0.25, 0.3) is 0 Å². The molecule has 0 amide bonds. The Hall–Kier alpha value is -1.51. The molecule has 0 fully saturated rings. The molecule has 0 atom stereocenters. The quantitative estimate of drug-likeness (QED) is 0.567. The number of carbonyl (C=O) groups excluding carboxylic acids is 1. The summed E-state index contributed by atoms with van der Waals surface area (Å²) in [5.41, 5.74) is 1.16. The Morgan fingerprint density at radius 2 is 2.00 bits per heavy atom. The first-order valence-corrected chi connectivity index (χ1v) is 5.58. The molecule has 0 aliphatic rings. The predicted octanol–water partition coefficient (Wildman–Crippen LogP) is 2.96. The van der Waals surface area contributed by atoms with Crippen molar-refractivity contribution in [3.05, 3.63) is 23.8 Å². The molecule has 1 rings (SSSR count). The van der Waals surface area contributed by atoms with Crippen molar-refractivity contribution in [2.24, 2.45) is 0 Å². The van der Waals surface area contributed by atoms with Gasteiger partial charge in [0.15, 0.2) is 11.5 Å². The third-order valence-electron chi connectivity index (χ3n) is 2.31. The molecule has 0 N–H and O–H groups in total. The minimum Gasteiger partial charge on any atom is -0.493 e. The van der Waals surface area contributed by atoms with Gasteiger partial charge in [0, 0.05) is 6.42 Å². The van der Waals surface area contributed by atoms with Gasteiger partial charge in [-0.15, -0.1) is 0 Å². The summed E-state index contributed by atoms with van der Waals surface area (Å²) in [4.78, 5) is 11.4. The predicted molar refractivity (Wildman–Crippen MR) is 62.9 cm³/mol. The summed E-state index contributed by atoms with van der Waals surface area (Å²) in [5, 5.41) is 0. The molecule has 1 aromatic rings. The minimum absolute atomic E-state index is 0.218. The Bertz CT molecular complexity index is 358. The van der Waals surface area contributed by atoms with E-state index in [2.05, 4.69) is 6.92 Å². The summed E-state index contributed by atoms with van der Waals surface area (Å²) in [6, 6.07) is 5.62. The molecule has 0 aromatic heterocycles. The standard InChI is InChI=1S/C13H18O3/c1-4-6-13(14)16-11-8-7-10(5-2)9-12(11)15-3/h7-9H,4-6H2,1-3H3. The van der Waals surface area contributed by atoms with E-state index in [0.29, 0.717) is 17.9 Å². The fraction of sp³-hybridized carbons (Fsp3) is 0.462. The molecular weight excluding hydrogens is 204 g/mol. The topological polar surface area (TPSA) is 35.5 Å². The van der Waals surface area contributed by atoms with Crippen molar-refractivity contribution in [2.45, 2.75) is 33.1 Å². The van der Waals surface area contributed by atoms with E-state index in [1.165, 1.54) is 0 Å².